The summed E-state index contributed by atoms with van der Waals surface area (Å²) in [5.41, 5.74) is 5.41. The highest BCUT2D eigenvalue weighted by Gasteiger charge is 2.25. The number of hydrogen-bond donors (Lipinski definition) is 1. The van der Waals surface area contributed by atoms with Crippen LogP contribution in [0.1, 0.15) is 55.2 Å². The molecular weight excluding hydrogens is 408 g/mol. The topological polar surface area (TPSA) is 59.4 Å². The Balaban J connectivity index is 1.16. The second-order valence-electron chi connectivity index (χ2n) is 9.75. The van der Waals surface area contributed by atoms with E-state index >= 15 is 0 Å². The van der Waals surface area contributed by atoms with Crippen LogP contribution in [0.3, 0.4) is 0 Å². The van der Waals surface area contributed by atoms with Crippen molar-refractivity contribution in [3.05, 3.63) is 59.2 Å². The number of amides is 1. The van der Waals surface area contributed by atoms with Crippen molar-refractivity contribution < 1.29 is 4.79 Å². The van der Waals surface area contributed by atoms with Crippen LogP contribution in [0.4, 0.5) is 11.4 Å². The van der Waals surface area contributed by atoms with E-state index in [1.807, 2.05) is 19.1 Å². The van der Waals surface area contributed by atoms with Crippen molar-refractivity contribution in [1.82, 2.24) is 4.90 Å². The third kappa shape index (κ3) is 6.07. The minimum absolute atomic E-state index is 0.326. The molecule has 2 aromatic carbocycles. The lowest BCUT2D eigenvalue weighted by Crippen LogP contribution is -2.48. The summed E-state index contributed by atoms with van der Waals surface area (Å²) in [5.74, 6) is 0.982. The highest BCUT2D eigenvalue weighted by Crippen LogP contribution is 2.30. The van der Waals surface area contributed by atoms with Crippen molar-refractivity contribution >= 4 is 17.3 Å². The minimum atomic E-state index is 0.326. The standard InChI is InChI=1S/C28H36N4O/c1-21-3-12-27(13-4-21)31-15-17-32(18-16-31)28(33)14-7-23-5-9-25(10-6-23)30-26-11-8-24(20-29)22(2)19-26/h3-4,8,11-13,19,23,25,30H,5-7,9-10,14-18H2,1-2H3. The lowest BCUT2D eigenvalue weighted by molar-refractivity contribution is -0.131. The number of nitriles is 1. The van der Waals surface area contributed by atoms with E-state index in [-0.39, 0.29) is 0 Å². The molecule has 1 heterocycles. The van der Waals surface area contributed by atoms with Crippen LogP contribution in [0.2, 0.25) is 0 Å². The van der Waals surface area contributed by atoms with Gasteiger partial charge in [-0.25, -0.2) is 0 Å². The first kappa shape index (κ1) is 23.2. The first-order chi connectivity index (χ1) is 16.0. The zero-order valence-corrected chi connectivity index (χ0v) is 20.0. The number of anilines is 2. The maximum Gasteiger partial charge on any atom is 0.222 e. The molecule has 1 amide bonds. The van der Waals surface area contributed by atoms with Gasteiger partial charge in [-0.1, -0.05) is 17.7 Å². The third-order valence-electron chi connectivity index (χ3n) is 7.36. The molecule has 33 heavy (non-hydrogen) atoms. The van der Waals surface area contributed by atoms with Crippen LogP contribution >= 0.6 is 0 Å². The van der Waals surface area contributed by atoms with E-state index in [2.05, 4.69) is 58.4 Å². The number of rotatable bonds is 6. The zero-order chi connectivity index (χ0) is 23.2. The van der Waals surface area contributed by atoms with Crippen molar-refractivity contribution in [2.45, 2.75) is 58.4 Å². The second-order valence-corrected chi connectivity index (χ2v) is 9.75. The van der Waals surface area contributed by atoms with Gasteiger partial charge >= 0.3 is 0 Å². The molecule has 0 atom stereocenters. The van der Waals surface area contributed by atoms with Gasteiger partial charge in [-0.15, -0.1) is 0 Å². The van der Waals surface area contributed by atoms with Gasteiger partial charge in [0.25, 0.3) is 0 Å². The Labute approximate surface area is 198 Å². The molecule has 174 valence electrons. The molecular formula is C28H36N4O. The van der Waals surface area contributed by atoms with E-state index in [4.69, 9.17) is 5.26 Å². The predicted molar refractivity (Wildman–Crippen MR) is 134 cm³/mol. The maximum absolute atomic E-state index is 12.8. The molecule has 0 unspecified atom stereocenters. The average molecular weight is 445 g/mol. The quantitative estimate of drug-likeness (QED) is 0.659. The first-order valence-electron chi connectivity index (χ1n) is 12.4. The number of carbonyl (C=O) groups is 1. The molecule has 1 saturated heterocycles. The fourth-order valence-electron chi connectivity index (χ4n) is 5.17. The van der Waals surface area contributed by atoms with Crippen LogP contribution in [0, 0.1) is 31.1 Å². The number of carbonyl (C=O) groups excluding carboxylic acids is 1. The van der Waals surface area contributed by atoms with Gasteiger partial charge < -0.3 is 15.1 Å². The molecule has 2 aromatic rings. The Morgan fingerprint density at radius 3 is 2.33 bits per heavy atom. The summed E-state index contributed by atoms with van der Waals surface area (Å²) in [6, 6.07) is 17.4. The van der Waals surface area contributed by atoms with E-state index in [1.165, 1.54) is 24.1 Å². The second kappa shape index (κ2) is 10.7. The molecule has 2 aliphatic rings. The average Bonchev–Trinajstić information content (AvgIpc) is 2.84. The molecule has 0 aromatic heterocycles. The lowest BCUT2D eigenvalue weighted by atomic mass is 9.83. The molecule has 1 aliphatic carbocycles. The van der Waals surface area contributed by atoms with Crippen molar-refractivity contribution in [3.8, 4) is 6.07 Å². The molecule has 5 heteroatoms. The number of nitrogens with one attached hydrogen (secondary N) is 1. The third-order valence-corrected chi connectivity index (χ3v) is 7.36. The smallest absolute Gasteiger partial charge is 0.222 e. The van der Waals surface area contributed by atoms with E-state index in [1.54, 1.807) is 0 Å². The van der Waals surface area contributed by atoms with Gasteiger partial charge in [-0.2, -0.15) is 5.26 Å². The van der Waals surface area contributed by atoms with Crippen molar-refractivity contribution in [3.63, 3.8) is 0 Å². The molecule has 0 spiro atoms. The highest BCUT2D eigenvalue weighted by atomic mass is 16.2. The summed E-state index contributed by atoms with van der Waals surface area (Å²) in [6.45, 7) is 7.58. The summed E-state index contributed by atoms with van der Waals surface area (Å²) >= 11 is 0. The largest absolute Gasteiger partial charge is 0.382 e. The summed E-state index contributed by atoms with van der Waals surface area (Å²) in [6.07, 6.45) is 6.35. The number of nitrogens with zero attached hydrogens (tertiary/aromatic N) is 3. The van der Waals surface area contributed by atoms with Crippen molar-refractivity contribution in [1.29, 1.82) is 5.26 Å². The Morgan fingerprint density at radius 2 is 1.70 bits per heavy atom. The summed E-state index contributed by atoms with van der Waals surface area (Å²) < 4.78 is 0. The molecule has 0 radical (unpaired) electrons. The highest BCUT2D eigenvalue weighted by molar-refractivity contribution is 5.76. The monoisotopic (exact) mass is 444 g/mol. The molecule has 1 aliphatic heterocycles. The Kier molecular flexibility index (Phi) is 7.54. The van der Waals surface area contributed by atoms with Gasteiger partial charge in [0, 0.05) is 50.0 Å². The van der Waals surface area contributed by atoms with E-state index < -0.39 is 0 Å². The predicted octanol–water partition coefficient (Wildman–Crippen LogP) is 5.27. The van der Waals surface area contributed by atoms with Crippen LogP contribution in [0.15, 0.2) is 42.5 Å². The zero-order valence-electron chi connectivity index (χ0n) is 20.0. The van der Waals surface area contributed by atoms with E-state index in [9.17, 15) is 4.79 Å². The lowest BCUT2D eigenvalue weighted by Gasteiger charge is -2.36. The number of piperazine rings is 1. The van der Waals surface area contributed by atoms with Gasteiger partial charge in [0.05, 0.1) is 11.6 Å². The fourth-order valence-corrected chi connectivity index (χ4v) is 5.17. The number of benzene rings is 2. The molecule has 0 bridgehead atoms. The van der Waals surface area contributed by atoms with Gasteiger partial charge in [-0.3, -0.25) is 4.79 Å². The maximum atomic E-state index is 12.8. The summed E-state index contributed by atoms with van der Waals surface area (Å²) in [5, 5.41) is 12.7. The summed E-state index contributed by atoms with van der Waals surface area (Å²) in [7, 11) is 0. The Hall–Kier alpha value is -3.00. The minimum Gasteiger partial charge on any atom is -0.382 e. The molecule has 1 saturated carbocycles. The van der Waals surface area contributed by atoms with Gasteiger partial charge in [0.1, 0.15) is 0 Å². The molecule has 1 N–H and O–H groups in total. The van der Waals surface area contributed by atoms with Crippen LogP contribution in [0.25, 0.3) is 0 Å². The van der Waals surface area contributed by atoms with Crippen molar-refractivity contribution in [2.24, 2.45) is 5.92 Å². The van der Waals surface area contributed by atoms with Crippen LogP contribution < -0.4 is 10.2 Å². The normalized spacial score (nSPS) is 20.9. The first-order valence-corrected chi connectivity index (χ1v) is 12.4. The van der Waals surface area contributed by atoms with Crippen molar-refractivity contribution in [2.75, 3.05) is 36.4 Å². The fraction of sp³-hybridized carbons (Fsp3) is 0.500. The molecule has 5 nitrogen and oxygen atoms in total. The van der Waals surface area contributed by atoms with Crippen LogP contribution in [0.5, 0.6) is 0 Å². The van der Waals surface area contributed by atoms with Gasteiger partial charge in [-0.05, 0) is 87.8 Å². The van der Waals surface area contributed by atoms with E-state index in [0.29, 0.717) is 24.3 Å². The number of aryl methyl sites for hydroxylation is 2. The number of hydrogen-bond acceptors (Lipinski definition) is 4. The van der Waals surface area contributed by atoms with Crippen LogP contribution in [-0.2, 0) is 4.79 Å². The Morgan fingerprint density at radius 1 is 1.00 bits per heavy atom. The summed E-state index contributed by atoms with van der Waals surface area (Å²) in [4.78, 5) is 17.2. The van der Waals surface area contributed by atoms with Gasteiger partial charge in [0.15, 0.2) is 0 Å². The van der Waals surface area contributed by atoms with Gasteiger partial charge in [0.2, 0.25) is 5.91 Å². The SMILES string of the molecule is Cc1ccc(N2CCN(C(=O)CCC3CCC(Nc4ccc(C#N)c(C)c4)CC3)CC2)cc1. The van der Waals surface area contributed by atoms with E-state index in [0.717, 1.165) is 62.3 Å². The van der Waals surface area contributed by atoms with Crippen LogP contribution in [-0.4, -0.2) is 43.0 Å². The molecule has 4 rings (SSSR count). The Bertz CT molecular complexity index is 978. The molecule has 2 fully saturated rings.